The molecule has 2 N–H and O–H groups in total. The molecule has 0 unspecified atom stereocenters. The maximum atomic E-state index is 10.5. The molecule has 1 heterocycles. The average molecular weight is 264 g/mol. The summed E-state index contributed by atoms with van der Waals surface area (Å²) in [5.41, 5.74) is 7.57. The zero-order chi connectivity index (χ0) is 13.1. The minimum atomic E-state index is -0.542. The highest BCUT2D eigenvalue weighted by Crippen LogP contribution is 2.30. The second kappa shape index (κ2) is 5.14. The first-order chi connectivity index (χ1) is 8.58. The monoisotopic (exact) mass is 264 g/mol. The summed E-state index contributed by atoms with van der Waals surface area (Å²) in [6, 6.07) is 8.68. The van der Waals surface area contributed by atoms with Crippen molar-refractivity contribution >= 4 is 23.3 Å². The standard InChI is InChI=1S/C12H12N2O3S/c1-8-10(13)3-2-4-11(8)18-7-9-5-6-12(17-9)14(15)16/h2-6H,7,13H2,1H3. The molecular weight excluding hydrogens is 252 g/mol. The Morgan fingerprint density at radius 1 is 1.39 bits per heavy atom. The molecule has 0 aliphatic carbocycles. The third kappa shape index (κ3) is 2.65. The molecule has 0 saturated carbocycles. The first-order valence-corrected chi connectivity index (χ1v) is 6.27. The van der Waals surface area contributed by atoms with Crippen molar-refractivity contribution in [3.8, 4) is 0 Å². The summed E-state index contributed by atoms with van der Waals surface area (Å²) >= 11 is 1.54. The second-order valence-corrected chi connectivity index (χ2v) is 4.77. The van der Waals surface area contributed by atoms with Gasteiger partial charge in [-0.25, -0.2) is 0 Å². The van der Waals surface area contributed by atoms with Gasteiger partial charge in [-0.05, 0) is 30.7 Å². The predicted octanol–water partition coefficient (Wildman–Crippen LogP) is 3.37. The fourth-order valence-electron chi connectivity index (χ4n) is 1.48. The summed E-state index contributed by atoms with van der Waals surface area (Å²) in [7, 11) is 0. The number of hydrogen-bond acceptors (Lipinski definition) is 5. The highest BCUT2D eigenvalue weighted by atomic mass is 32.2. The maximum Gasteiger partial charge on any atom is 0.433 e. The summed E-state index contributed by atoms with van der Waals surface area (Å²) in [6.45, 7) is 1.95. The average Bonchev–Trinajstić information content (AvgIpc) is 2.80. The minimum absolute atomic E-state index is 0.227. The number of nitrogens with zero attached hydrogens (tertiary/aromatic N) is 1. The van der Waals surface area contributed by atoms with E-state index in [9.17, 15) is 10.1 Å². The Morgan fingerprint density at radius 3 is 2.83 bits per heavy atom. The molecule has 0 atom stereocenters. The van der Waals surface area contributed by atoms with Gasteiger partial charge in [0.15, 0.2) is 0 Å². The van der Waals surface area contributed by atoms with Gasteiger partial charge >= 0.3 is 5.88 Å². The van der Waals surface area contributed by atoms with E-state index in [4.69, 9.17) is 10.2 Å². The molecule has 5 nitrogen and oxygen atoms in total. The third-order valence-corrected chi connectivity index (χ3v) is 3.71. The van der Waals surface area contributed by atoms with Gasteiger partial charge in [0, 0.05) is 10.6 Å². The molecule has 18 heavy (non-hydrogen) atoms. The molecule has 2 rings (SSSR count). The molecule has 0 bridgehead atoms. The highest BCUT2D eigenvalue weighted by molar-refractivity contribution is 7.98. The first kappa shape index (κ1) is 12.5. The number of nitrogens with two attached hydrogens (primary N) is 1. The summed E-state index contributed by atoms with van der Waals surface area (Å²) in [5.74, 6) is 0.890. The van der Waals surface area contributed by atoms with E-state index in [0.717, 1.165) is 16.1 Å². The second-order valence-electron chi connectivity index (χ2n) is 3.76. The van der Waals surface area contributed by atoms with Crippen molar-refractivity contribution in [2.24, 2.45) is 0 Å². The maximum absolute atomic E-state index is 10.5. The molecule has 0 spiro atoms. The van der Waals surface area contributed by atoms with Crippen LogP contribution < -0.4 is 5.73 Å². The van der Waals surface area contributed by atoms with E-state index in [1.807, 2.05) is 25.1 Å². The molecule has 0 saturated heterocycles. The fourth-order valence-corrected chi connectivity index (χ4v) is 2.44. The Bertz CT molecular complexity index is 580. The molecule has 94 valence electrons. The topological polar surface area (TPSA) is 82.3 Å². The SMILES string of the molecule is Cc1c(N)cccc1SCc1ccc([N+](=O)[O-])o1. The lowest BCUT2D eigenvalue weighted by Gasteiger charge is -2.06. The lowest BCUT2D eigenvalue weighted by molar-refractivity contribution is -0.402. The number of hydrogen-bond donors (Lipinski definition) is 1. The van der Waals surface area contributed by atoms with Gasteiger partial charge in [0.25, 0.3) is 0 Å². The van der Waals surface area contributed by atoms with E-state index in [2.05, 4.69) is 0 Å². The van der Waals surface area contributed by atoms with E-state index in [0.29, 0.717) is 11.5 Å². The lowest BCUT2D eigenvalue weighted by atomic mass is 10.2. The van der Waals surface area contributed by atoms with Crippen molar-refractivity contribution in [2.75, 3.05) is 5.73 Å². The number of thioether (sulfide) groups is 1. The molecule has 0 amide bonds. The van der Waals surface area contributed by atoms with E-state index >= 15 is 0 Å². The van der Waals surface area contributed by atoms with Crippen LogP contribution in [0.4, 0.5) is 11.6 Å². The summed E-state index contributed by atoms with van der Waals surface area (Å²) in [5, 5.41) is 10.5. The normalized spacial score (nSPS) is 10.5. The van der Waals surface area contributed by atoms with Crippen molar-refractivity contribution in [1.82, 2.24) is 0 Å². The first-order valence-electron chi connectivity index (χ1n) is 5.29. The lowest BCUT2D eigenvalue weighted by Crippen LogP contribution is -1.90. The van der Waals surface area contributed by atoms with Crippen LogP contribution in [0.15, 0.2) is 39.6 Å². The Morgan fingerprint density at radius 2 is 2.17 bits per heavy atom. The molecule has 1 aromatic carbocycles. The molecule has 6 heteroatoms. The van der Waals surface area contributed by atoms with Gasteiger partial charge in [-0.1, -0.05) is 6.07 Å². The van der Waals surface area contributed by atoms with Crippen LogP contribution in [0.5, 0.6) is 0 Å². The van der Waals surface area contributed by atoms with Crippen LogP contribution in [0.3, 0.4) is 0 Å². The van der Waals surface area contributed by atoms with Crippen LogP contribution in [0.25, 0.3) is 0 Å². The predicted molar refractivity (Wildman–Crippen MR) is 70.5 cm³/mol. The molecule has 1 aromatic heterocycles. The van der Waals surface area contributed by atoms with Crippen molar-refractivity contribution in [3.05, 3.63) is 51.8 Å². The third-order valence-electron chi connectivity index (χ3n) is 2.52. The van der Waals surface area contributed by atoms with E-state index in [1.165, 1.54) is 6.07 Å². The summed E-state index contributed by atoms with van der Waals surface area (Å²) in [6.07, 6.45) is 0. The number of benzene rings is 1. The van der Waals surface area contributed by atoms with Crippen LogP contribution in [-0.4, -0.2) is 4.92 Å². The van der Waals surface area contributed by atoms with E-state index < -0.39 is 4.92 Å². The largest absolute Gasteiger partial charge is 0.433 e. The van der Waals surface area contributed by atoms with E-state index in [1.54, 1.807) is 17.8 Å². The van der Waals surface area contributed by atoms with Crippen LogP contribution in [0.2, 0.25) is 0 Å². The van der Waals surface area contributed by atoms with Crippen molar-refractivity contribution in [1.29, 1.82) is 0 Å². The molecule has 0 fully saturated rings. The minimum Gasteiger partial charge on any atom is -0.405 e. The van der Waals surface area contributed by atoms with Crippen molar-refractivity contribution in [3.63, 3.8) is 0 Å². The number of nitrogen functional groups attached to an aromatic ring is 1. The molecule has 2 aromatic rings. The van der Waals surface area contributed by atoms with Crippen molar-refractivity contribution in [2.45, 2.75) is 17.6 Å². The summed E-state index contributed by atoms with van der Waals surface area (Å²) < 4.78 is 5.09. The quantitative estimate of drug-likeness (QED) is 0.396. The number of rotatable bonds is 4. The zero-order valence-electron chi connectivity index (χ0n) is 9.75. The van der Waals surface area contributed by atoms with Crippen LogP contribution in [0, 0.1) is 17.0 Å². The zero-order valence-corrected chi connectivity index (χ0v) is 10.6. The number of anilines is 1. The Hall–Kier alpha value is -1.95. The Balaban J connectivity index is 2.07. The molecule has 0 aliphatic heterocycles. The van der Waals surface area contributed by atoms with Gasteiger partial charge in [0.2, 0.25) is 0 Å². The molecule has 0 radical (unpaired) electrons. The van der Waals surface area contributed by atoms with Gasteiger partial charge < -0.3 is 10.2 Å². The smallest absolute Gasteiger partial charge is 0.405 e. The van der Waals surface area contributed by atoms with Gasteiger partial charge in [0.05, 0.1) is 11.8 Å². The Kier molecular flexibility index (Phi) is 3.57. The summed E-state index contributed by atoms with van der Waals surface area (Å²) in [4.78, 5) is 11.0. The van der Waals surface area contributed by atoms with Crippen LogP contribution in [-0.2, 0) is 5.75 Å². The van der Waals surface area contributed by atoms with Crippen LogP contribution in [0.1, 0.15) is 11.3 Å². The van der Waals surface area contributed by atoms with Crippen molar-refractivity contribution < 1.29 is 9.34 Å². The highest BCUT2D eigenvalue weighted by Gasteiger charge is 2.12. The molecular formula is C12H12N2O3S. The fraction of sp³-hybridized carbons (Fsp3) is 0.167. The van der Waals surface area contributed by atoms with Gasteiger partial charge in [-0.3, -0.25) is 10.1 Å². The van der Waals surface area contributed by atoms with Gasteiger partial charge in [-0.2, -0.15) is 0 Å². The van der Waals surface area contributed by atoms with Gasteiger partial charge in [-0.15, -0.1) is 11.8 Å². The molecule has 0 aliphatic rings. The van der Waals surface area contributed by atoms with E-state index in [-0.39, 0.29) is 5.88 Å². The van der Waals surface area contributed by atoms with Crippen LogP contribution >= 0.6 is 11.8 Å². The number of furan rings is 1. The Labute approximate surface area is 108 Å². The number of nitro groups is 1. The van der Waals surface area contributed by atoms with Gasteiger partial charge in [0.1, 0.15) is 10.7 Å².